The molecule has 1 aromatic carbocycles. The van der Waals surface area contributed by atoms with E-state index in [1.54, 1.807) is 6.20 Å². The van der Waals surface area contributed by atoms with E-state index in [0.717, 1.165) is 26.9 Å². The molecule has 0 fully saturated rings. The number of allylic oxidation sites excluding steroid dienone is 1. The zero-order chi connectivity index (χ0) is 12.5. The number of carbonyl (C=O) groups excluding carboxylic acids is 1. The van der Waals surface area contributed by atoms with E-state index in [2.05, 4.69) is 20.9 Å². The Morgan fingerprint density at radius 3 is 2.89 bits per heavy atom. The van der Waals surface area contributed by atoms with Gasteiger partial charge in [-0.3, -0.25) is 9.78 Å². The zero-order valence-corrected chi connectivity index (χ0v) is 11.1. The van der Waals surface area contributed by atoms with Crippen LogP contribution in [0.2, 0.25) is 0 Å². The van der Waals surface area contributed by atoms with Crippen LogP contribution in [0.25, 0.3) is 6.08 Å². The lowest BCUT2D eigenvalue weighted by Crippen LogP contribution is -1.95. The number of ketones is 1. The SMILES string of the molecule is O=C1C(=Cc2ccccn2)Cc2ccc(Br)cc21. The van der Waals surface area contributed by atoms with Crippen LogP contribution in [0, 0.1) is 0 Å². The summed E-state index contributed by atoms with van der Waals surface area (Å²) in [6, 6.07) is 11.5. The van der Waals surface area contributed by atoms with Crippen molar-refractivity contribution in [2.24, 2.45) is 0 Å². The summed E-state index contributed by atoms with van der Waals surface area (Å²) in [5, 5.41) is 0. The fourth-order valence-electron chi connectivity index (χ4n) is 2.13. The van der Waals surface area contributed by atoms with Crippen LogP contribution in [0.1, 0.15) is 21.6 Å². The molecule has 2 nitrogen and oxygen atoms in total. The van der Waals surface area contributed by atoms with Crippen molar-refractivity contribution in [1.29, 1.82) is 0 Å². The van der Waals surface area contributed by atoms with E-state index in [4.69, 9.17) is 0 Å². The average molecular weight is 300 g/mol. The number of carbonyl (C=O) groups is 1. The van der Waals surface area contributed by atoms with Crippen molar-refractivity contribution < 1.29 is 4.79 Å². The Morgan fingerprint density at radius 2 is 2.11 bits per heavy atom. The van der Waals surface area contributed by atoms with Gasteiger partial charge in [-0.15, -0.1) is 0 Å². The van der Waals surface area contributed by atoms with Gasteiger partial charge in [0.25, 0.3) is 0 Å². The predicted octanol–water partition coefficient (Wildman–Crippen LogP) is 3.67. The van der Waals surface area contributed by atoms with Crippen LogP contribution in [-0.4, -0.2) is 10.8 Å². The molecule has 1 aliphatic rings. The Hall–Kier alpha value is -1.74. The number of aromatic nitrogens is 1. The fraction of sp³-hybridized carbons (Fsp3) is 0.0667. The maximum atomic E-state index is 12.2. The van der Waals surface area contributed by atoms with Gasteiger partial charge in [0.1, 0.15) is 0 Å². The summed E-state index contributed by atoms with van der Waals surface area (Å²) in [7, 11) is 0. The topological polar surface area (TPSA) is 30.0 Å². The first-order valence-electron chi connectivity index (χ1n) is 5.69. The average Bonchev–Trinajstić information content (AvgIpc) is 2.68. The minimum Gasteiger partial charge on any atom is -0.289 e. The molecule has 88 valence electrons. The van der Waals surface area contributed by atoms with E-state index in [9.17, 15) is 4.79 Å². The van der Waals surface area contributed by atoms with Crippen molar-refractivity contribution in [3.63, 3.8) is 0 Å². The Kier molecular flexibility index (Phi) is 2.84. The molecule has 0 N–H and O–H groups in total. The Labute approximate surface area is 114 Å². The van der Waals surface area contributed by atoms with Gasteiger partial charge in [-0.05, 0) is 35.9 Å². The third-order valence-electron chi connectivity index (χ3n) is 3.00. The number of hydrogen-bond donors (Lipinski definition) is 0. The maximum Gasteiger partial charge on any atom is 0.189 e. The van der Waals surface area contributed by atoms with Gasteiger partial charge < -0.3 is 0 Å². The highest BCUT2D eigenvalue weighted by Crippen LogP contribution is 2.29. The first kappa shape index (κ1) is 11.4. The third-order valence-corrected chi connectivity index (χ3v) is 3.49. The summed E-state index contributed by atoms with van der Waals surface area (Å²) in [5.41, 5.74) is 3.52. The van der Waals surface area contributed by atoms with Crippen LogP contribution in [0.3, 0.4) is 0 Å². The summed E-state index contributed by atoms with van der Waals surface area (Å²) in [5.74, 6) is 0.108. The lowest BCUT2D eigenvalue weighted by atomic mass is 10.1. The molecule has 0 radical (unpaired) electrons. The Balaban J connectivity index is 2.00. The largest absolute Gasteiger partial charge is 0.289 e. The van der Waals surface area contributed by atoms with Gasteiger partial charge in [0, 0.05) is 28.2 Å². The van der Waals surface area contributed by atoms with Crippen molar-refractivity contribution in [2.75, 3.05) is 0 Å². The molecule has 0 bridgehead atoms. The molecule has 0 saturated heterocycles. The van der Waals surface area contributed by atoms with Crippen molar-refractivity contribution >= 4 is 27.8 Å². The molecule has 1 aliphatic carbocycles. The summed E-state index contributed by atoms with van der Waals surface area (Å²) in [4.78, 5) is 16.5. The lowest BCUT2D eigenvalue weighted by molar-refractivity contribution is 0.104. The molecular formula is C15H10BrNO. The van der Waals surface area contributed by atoms with Crippen molar-refractivity contribution in [3.05, 3.63) is 69.5 Å². The van der Waals surface area contributed by atoms with Crippen molar-refractivity contribution in [2.45, 2.75) is 6.42 Å². The molecule has 3 rings (SSSR count). The van der Waals surface area contributed by atoms with E-state index in [1.807, 2.05) is 42.5 Å². The number of hydrogen-bond acceptors (Lipinski definition) is 2. The number of benzene rings is 1. The molecule has 1 aromatic heterocycles. The van der Waals surface area contributed by atoms with Gasteiger partial charge in [-0.2, -0.15) is 0 Å². The third kappa shape index (κ3) is 2.02. The van der Waals surface area contributed by atoms with Crippen LogP contribution in [-0.2, 0) is 6.42 Å². The summed E-state index contributed by atoms with van der Waals surface area (Å²) in [6.45, 7) is 0. The van der Waals surface area contributed by atoms with Gasteiger partial charge in [-0.1, -0.05) is 28.1 Å². The highest BCUT2D eigenvalue weighted by atomic mass is 79.9. The first-order valence-corrected chi connectivity index (χ1v) is 6.48. The van der Waals surface area contributed by atoms with Gasteiger partial charge in [0.15, 0.2) is 5.78 Å². The molecular weight excluding hydrogens is 290 g/mol. The molecule has 0 unspecified atom stereocenters. The van der Waals surface area contributed by atoms with E-state index in [1.165, 1.54) is 0 Å². The summed E-state index contributed by atoms with van der Waals surface area (Å²) < 4.78 is 0.939. The number of halogens is 1. The molecule has 18 heavy (non-hydrogen) atoms. The van der Waals surface area contributed by atoms with E-state index < -0.39 is 0 Å². The Bertz CT molecular complexity index is 647. The van der Waals surface area contributed by atoms with Gasteiger partial charge >= 0.3 is 0 Å². The molecule has 1 heterocycles. The number of Topliss-reactive ketones (excluding diaryl/α,β-unsaturated/α-hetero) is 1. The maximum absolute atomic E-state index is 12.2. The number of fused-ring (bicyclic) bond motifs is 1. The predicted molar refractivity (Wildman–Crippen MR) is 74.4 cm³/mol. The number of pyridine rings is 1. The van der Waals surface area contributed by atoms with Crippen molar-refractivity contribution in [1.82, 2.24) is 4.98 Å². The molecule has 0 atom stereocenters. The Morgan fingerprint density at radius 1 is 1.22 bits per heavy atom. The molecule has 2 aromatic rings. The summed E-state index contributed by atoms with van der Waals surface area (Å²) >= 11 is 3.40. The van der Waals surface area contributed by atoms with Crippen molar-refractivity contribution in [3.8, 4) is 0 Å². The standard InChI is InChI=1S/C15H10BrNO/c16-12-5-4-10-7-11(15(18)14(10)9-12)8-13-3-1-2-6-17-13/h1-6,8-9H,7H2. The van der Waals surface area contributed by atoms with Crippen LogP contribution >= 0.6 is 15.9 Å². The minimum absolute atomic E-state index is 0.108. The number of rotatable bonds is 1. The highest BCUT2D eigenvalue weighted by molar-refractivity contribution is 9.10. The highest BCUT2D eigenvalue weighted by Gasteiger charge is 2.24. The first-order chi connectivity index (χ1) is 8.74. The van der Waals surface area contributed by atoms with Gasteiger partial charge in [-0.25, -0.2) is 0 Å². The molecule has 0 saturated carbocycles. The monoisotopic (exact) mass is 299 g/mol. The van der Waals surface area contributed by atoms with E-state index >= 15 is 0 Å². The second-order valence-electron chi connectivity index (χ2n) is 4.23. The van der Waals surface area contributed by atoms with Gasteiger partial charge in [0.2, 0.25) is 0 Å². The zero-order valence-electron chi connectivity index (χ0n) is 9.56. The second kappa shape index (κ2) is 4.50. The fourth-order valence-corrected chi connectivity index (χ4v) is 2.49. The molecule has 3 heteroatoms. The second-order valence-corrected chi connectivity index (χ2v) is 5.15. The van der Waals surface area contributed by atoms with Gasteiger partial charge in [0.05, 0.1) is 5.69 Å². The quantitative estimate of drug-likeness (QED) is 0.752. The number of nitrogens with zero attached hydrogens (tertiary/aromatic N) is 1. The molecule has 0 aliphatic heterocycles. The van der Waals surface area contributed by atoms with Crippen LogP contribution in [0.4, 0.5) is 0 Å². The van der Waals surface area contributed by atoms with Crippen LogP contribution < -0.4 is 0 Å². The minimum atomic E-state index is 0.108. The summed E-state index contributed by atoms with van der Waals surface area (Å²) in [6.07, 6.45) is 4.30. The smallest absolute Gasteiger partial charge is 0.189 e. The normalized spacial score (nSPS) is 16.1. The van der Waals surface area contributed by atoms with E-state index in [0.29, 0.717) is 6.42 Å². The lowest BCUT2D eigenvalue weighted by Gasteiger charge is -1.96. The van der Waals surface area contributed by atoms with Crippen LogP contribution in [0.5, 0.6) is 0 Å². The van der Waals surface area contributed by atoms with E-state index in [-0.39, 0.29) is 5.78 Å². The molecule has 0 amide bonds. The van der Waals surface area contributed by atoms with Crippen LogP contribution in [0.15, 0.2) is 52.6 Å². The molecule has 0 spiro atoms.